The molecular formula is C23H20FN9O. The number of nitrogens with zero attached hydrogens (tertiary/aromatic N) is 7. The van der Waals surface area contributed by atoms with Gasteiger partial charge in [0.2, 0.25) is 0 Å². The minimum Gasteiger partial charge on any atom is -0.355 e. The maximum absolute atomic E-state index is 14.5. The number of amides is 1. The van der Waals surface area contributed by atoms with Crippen molar-refractivity contribution in [2.75, 3.05) is 11.9 Å². The summed E-state index contributed by atoms with van der Waals surface area (Å²) in [6, 6.07) is 7.71. The largest absolute Gasteiger partial charge is 0.355 e. The molecule has 0 atom stereocenters. The van der Waals surface area contributed by atoms with Crippen LogP contribution in [0.4, 0.5) is 15.9 Å². The van der Waals surface area contributed by atoms with Crippen LogP contribution < -0.4 is 10.2 Å². The van der Waals surface area contributed by atoms with Crippen molar-refractivity contribution in [2.45, 2.75) is 6.54 Å². The van der Waals surface area contributed by atoms with Crippen molar-refractivity contribution in [3.05, 3.63) is 78.5 Å². The number of aromatic amines is 1. The number of pyridine rings is 1. The van der Waals surface area contributed by atoms with E-state index in [1.807, 2.05) is 13.2 Å². The lowest BCUT2D eigenvalue weighted by Crippen LogP contribution is -2.21. The van der Waals surface area contributed by atoms with Gasteiger partial charge in [0.1, 0.15) is 23.0 Å². The molecule has 0 unspecified atom stereocenters. The third-order valence-electron chi connectivity index (χ3n) is 5.22. The lowest BCUT2D eigenvalue weighted by atomic mass is 10.1. The zero-order valence-corrected chi connectivity index (χ0v) is 18.4. The van der Waals surface area contributed by atoms with Crippen molar-refractivity contribution in [1.82, 2.24) is 40.0 Å². The van der Waals surface area contributed by atoms with Crippen LogP contribution in [-0.2, 0) is 13.6 Å². The summed E-state index contributed by atoms with van der Waals surface area (Å²) in [7, 11) is 3.32. The molecule has 0 aliphatic heterocycles. The lowest BCUT2D eigenvalue weighted by Gasteiger charge is -2.24. The van der Waals surface area contributed by atoms with Crippen LogP contribution in [0.1, 0.15) is 16.2 Å². The Hall–Kier alpha value is -4.67. The Morgan fingerprint density at radius 1 is 1.18 bits per heavy atom. The summed E-state index contributed by atoms with van der Waals surface area (Å²) < 4.78 is 16.2. The summed E-state index contributed by atoms with van der Waals surface area (Å²) in [6.45, 7) is 0.262. The molecule has 34 heavy (non-hydrogen) atoms. The first-order chi connectivity index (χ1) is 16.5. The van der Waals surface area contributed by atoms with Crippen molar-refractivity contribution in [2.24, 2.45) is 7.05 Å². The van der Waals surface area contributed by atoms with E-state index in [2.05, 4.69) is 30.4 Å². The number of rotatable bonds is 6. The number of carbonyl (C=O) groups excluding carboxylic acids is 1. The van der Waals surface area contributed by atoms with Crippen LogP contribution in [0, 0.1) is 5.82 Å². The van der Waals surface area contributed by atoms with E-state index in [0.717, 1.165) is 5.56 Å². The van der Waals surface area contributed by atoms with E-state index in [1.54, 1.807) is 52.6 Å². The van der Waals surface area contributed by atoms with Crippen molar-refractivity contribution in [3.8, 4) is 11.3 Å². The molecular weight excluding hydrogens is 437 g/mol. The van der Waals surface area contributed by atoms with E-state index in [1.165, 1.54) is 19.2 Å². The molecule has 0 spiro atoms. The molecule has 10 nitrogen and oxygen atoms in total. The average Bonchev–Trinajstić information content (AvgIpc) is 3.52. The molecule has 0 saturated heterocycles. The Morgan fingerprint density at radius 2 is 2.06 bits per heavy atom. The summed E-state index contributed by atoms with van der Waals surface area (Å²) in [4.78, 5) is 35.1. The maximum atomic E-state index is 14.5. The third-order valence-corrected chi connectivity index (χ3v) is 5.22. The molecule has 4 heterocycles. The number of carbonyl (C=O) groups is 1. The number of anilines is 2. The van der Waals surface area contributed by atoms with Gasteiger partial charge in [0.15, 0.2) is 5.65 Å². The average molecular weight is 457 g/mol. The van der Waals surface area contributed by atoms with Crippen LogP contribution in [-0.4, -0.2) is 47.7 Å². The number of H-pyrrole nitrogens is 1. The molecule has 1 aromatic carbocycles. The zero-order valence-electron chi connectivity index (χ0n) is 18.4. The first-order valence-electron chi connectivity index (χ1n) is 10.4. The number of fused-ring (bicyclic) bond motifs is 1. The van der Waals surface area contributed by atoms with Gasteiger partial charge in [0.05, 0.1) is 24.6 Å². The van der Waals surface area contributed by atoms with Crippen LogP contribution >= 0.6 is 0 Å². The van der Waals surface area contributed by atoms with Crippen LogP contribution in [0.2, 0.25) is 0 Å². The molecule has 2 N–H and O–H groups in total. The van der Waals surface area contributed by atoms with E-state index in [4.69, 9.17) is 4.98 Å². The minimum atomic E-state index is -0.542. The van der Waals surface area contributed by atoms with E-state index in [0.29, 0.717) is 34.2 Å². The molecule has 0 fully saturated rings. The number of imidazole rings is 1. The number of aromatic nitrogens is 7. The highest BCUT2D eigenvalue weighted by molar-refractivity contribution is 5.95. The fraction of sp³-hybridized carbons (Fsp3) is 0.130. The zero-order chi connectivity index (χ0) is 23.7. The molecule has 11 heteroatoms. The van der Waals surface area contributed by atoms with E-state index < -0.39 is 11.7 Å². The van der Waals surface area contributed by atoms with E-state index in [-0.39, 0.29) is 12.1 Å². The van der Waals surface area contributed by atoms with E-state index >= 15 is 0 Å². The number of hydrogen-bond donors (Lipinski definition) is 2. The highest BCUT2D eigenvalue weighted by atomic mass is 19.1. The predicted octanol–water partition coefficient (Wildman–Crippen LogP) is 2.99. The first kappa shape index (κ1) is 21.2. The molecule has 0 saturated carbocycles. The quantitative estimate of drug-likeness (QED) is 0.402. The van der Waals surface area contributed by atoms with E-state index in [9.17, 15) is 9.18 Å². The molecule has 0 aliphatic rings. The molecule has 0 bridgehead atoms. The van der Waals surface area contributed by atoms with Gasteiger partial charge in [-0.15, -0.1) is 0 Å². The summed E-state index contributed by atoms with van der Waals surface area (Å²) in [5, 5.41) is 6.70. The third kappa shape index (κ3) is 4.18. The van der Waals surface area contributed by atoms with Gasteiger partial charge < -0.3 is 15.2 Å². The standard InChI is InChI=1S/C23H20FN9O/c1-25-23(34)14-7-16(24)9-17(8-14)33(13-20-26-5-6-27-20)21-4-3-18-22(31-21)30-19(11-28-18)15-10-29-32(2)12-15/h3-12H,13H2,1-2H3,(H,25,34)(H,26,27). The number of aryl methyl sites for hydroxylation is 1. The van der Waals surface area contributed by atoms with Gasteiger partial charge >= 0.3 is 0 Å². The van der Waals surface area contributed by atoms with Crippen molar-refractivity contribution < 1.29 is 9.18 Å². The second-order valence-corrected chi connectivity index (χ2v) is 7.57. The molecule has 0 aliphatic carbocycles. The van der Waals surface area contributed by atoms with Gasteiger partial charge in [0.25, 0.3) is 5.91 Å². The Kier molecular flexibility index (Phi) is 5.42. The number of halogens is 1. The highest BCUT2D eigenvalue weighted by Gasteiger charge is 2.18. The molecule has 170 valence electrons. The van der Waals surface area contributed by atoms with Crippen molar-refractivity contribution in [1.29, 1.82) is 0 Å². The molecule has 4 aromatic heterocycles. The van der Waals surface area contributed by atoms with Crippen molar-refractivity contribution in [3.63, 3.8) is 0 Å². The summed E-state index contributed by atoms with van der Waals surface area (Å²) in [6.07, 6.45) is 8.55. The fourth-order valence-corrected chi connectivity index (χ4v) is 3.57. The smallest absolute Gasteiger partial charge is 0.251 e. The Balaban J connectivity index is 1.61. The summed E-state index contributed by atoms with van der Waals surface area (Å²) in [5.74, 6) is 0.204. The normalized spacial score (nSPS) is 11.0. The monoisotopic (exact) mass is 457 g/mol. The van der Waals surface area contributed by atoms with Gasteiger partial charge in [-0.3, -0.25) is 14.5 Å². The molecule has 1 amide bonds. The van der Waals surface area contributed by atoms with Crippen LogP contribution in [0.25, 0.3) is 22.4 Å². The van der Waals surface area contributed by atoms with Crippen LogP contribution in [0.3, 0.4) is 0 Å². The predicted molar refractivity (Wildman–Crippen MR) is 124 cm³/mol. The lowest BCUT2D eigenvalue weighted by molar-refractivity contribution is 0.0962. The Morgan fingerprint density at radius 3 is 2.79 bits per heavy atom. The van der Waals surface area contributed by atoms with Gasteiger partial charge in [-0.05, 0) is 30.3 Å². The molecule has 5 rings (SSSR count). The second-order valence-electron chi connectivity index (χ2n) is 7.57. The summed E-state index contributed by atoms with van der Waals surface area (Å²) in [5.41, 5.74) is 3.12. The van der Waals surface area contributed by atoms with Crippen LogP contribution in [0.5, 0.6) is 0 Å². The Labute approximate surface area is 193 Å². The number of benzene rings is 1. The highest BCUT2D eigenvalue weighted by Crippen LogP contribution is 2.29. The minimum absolute atomic E-state index is 0.196. The van der Waals surface area contributed by atoms with Gasteiger partial charge in [-0.1, -0.05) is 0 Å². The van der Waals surface area contributed by atoms with Crippen LogP contribution in [0.15, 0.2) is 61.3 Å². The van der Waals surface area contributed by atoms with Gasteiger partial charge in [0, 0.05) is 49.5 Å². The topological polar surface area (TPSA) is 118 Å². The fourth-order valence-electron chi connectivity index (χ4n) is 3.57. The number of nitrogens with one attached hydrogen (secondary N) is 2. The first-order valence-corrected chi connectivity index (χ1v) is 10.4. The molecule has 5 aromatic rings. The maximum Gasteiger partial charge on any atom is 0.251 e. The van der Waals surface area contributed by atoms with Gasteiger partial charge in [-0.25, -0.2) is 19.3 Å². The Bertz CT molecular complexity index is 1480. The van der Waals surface area contributed by atoms with Gasteiger partial charge in [-0.2, -0.15) is 5.10 Å². The number of hydrogen-bond acceptors (Lipinski definition) is 7. The SMILES string of the molecule is CNC(=O)c1cc(F)cc(N(Cc2ncc[nH]2)c2ccc3ncc(-c4cnn(C)c4)nc3n2)c1. The summed E-state index contributed by atoms with van der Waals surface area (Å²) >= 11 is 0. The molecule has 0 radical (unpaired) electrons. The van der Waals surface area contributed by atoms with Crippen molar-refractivity contribution >= 4 is 28.6 Å². The second kappa shape index (κ2) is 8.70.